The first-order valence-corrected chi connectivity index (χ1v) is 8.13. The second-order valence-corrected chi connectivity index (χ2v) is 5.75. The van der Waals surface area contributed by atoms with Crippen LogP contribution in [-0.2, 0) is 19.5 Å². The van der Waals surface area contributed by atoms with Crippen molar-refractivity contribution in [2.45, 2.75) is 33.4 Å². The largest absolute Gasteiger partial charge is 0.467 e. The SMILES string of the molecule is C=C(C)CN=C(NCCn1cnnc1CC)N(C)Cc1ccco1.I. The van der Waals surface area contributed by atoms with Gasteiger partial charge in [0, 0.05) is 26.6 Å². The average Bonchev–Trinajstić information content (AvgIpc) is 3.21. The normalized spacial score (nSPS) is 11.1. The highest BCUT2D eigenvalue weighted by atomic mass is 127. The van der Waals surface area contributed by atoms with E-state index >= 15 is 0 Å². The van der Waals surface area contributed by atoms with Gasteiger partial charge >= 0.3 is 0 Å². The summed E-state index contributed by atoms with van der Waals surface area (Å²) in [7, 11) is 1.99. The topological polar surface area (TPSA) is 71.5 Å². The van der Waals surface area contributed by atoms with E-state index in [-0.39, 0.29) is 24.0 Å². The van der Waals surface area contributed by atoms with Crippen molar-refractivity contribution in [1.82, 2.24) is 25.0 Å². The van der Waals surface area contributed by atoms with Crippen molar-refractivity contribution < 1.29 is 4.42 Å². The van der Waals surface area contributed by atoms with Crippen molar-refractivity contribution in [3.05, 3.63) is 48.5 Å². The lowest BCUT2D eigenvalue weighted by molar-refractivity contribution is 0.398. The number of furan rings is 1. The fourth-order valence-electron chi connectivity index (χ4n) is 2.26. The third-order valence-corrected chi connectivity index (χ3v) is 3.48. The van der Waals surface area contributed by atoms with Crippen molar-refractivity contribution in [2.75, 3.05) is 20.1 Å². The number of guanidine groups is 1. The average molecular weight is 458 g/mol. The molecule has 0 unspecified atom stereocenters. The van der Waals surface area contributed by atoms with Crippen LogP contribution in [0.15, 0.2) is 46.3 Å². The molecule has 0 radical (unpaired) electrons. The molecule has 0 aliphatic heterocycles. The molecule has 2 heterocycles. The van der Waals surface area contributed by atoms with E-state index in [2.05, 4.69) is 38.6 Å². The van der Waals surface area contributed by atoms with Crippen LogP contribution < -0.4 is 5.32 Å². The second kappa shape index (κ2) is 10.9. The molecule has 0 amide bonds. The first-order valence-electron chi connectivity index (χ1n) is 8.13. The number of aromatic nitrogens is 3. The van der Waals surface area contributed by atoms with Gasteiger partial charge in [-0.05, 0) is 19.1 Å². The molecule has 2 aromatic rings. The van der Waals surface area contributed by atoms with Crippen LogP contribution in [0.5, 0.6) is 0 Å². The van der Waals surface area contributed by atoms with E-state index in [0.717, 1.165) is 42.6 Å². The fourth-order valence-corrected chi connectivity index (χ4v) is 2.26. The molecule has 0 spiro atoms. The lowest BCUT2D eigenvalue weighted by Crippen LogP contribution is -2.40. The van der Waals surface area contributed by atoms with E-state index < -0.39 is 0 Å². The van der Waals surface area contributed by atoms with Crippen LogP contribution in [0.4, 0.5) is 0 Å². The van der Waals surface area contributed by atoms with Gasteiger partial charge in [-0.2, -0.15) is 0 Å². The number of nitrogens with zero attached hydrogens (tertiary/aromatic N) is 5. The molecule has 0 aliphatic rings. The molecule has 0 saturated heterocycles. The highest BCUT2D eigenvalue weighted by Gasteiger charge is 2.09. The highest BCUT2D eigenvalue weighted by molar-refractivity contribution is 14.0. The lowest BCUT2D eigenvalue weighted by atomic mass is 10.3. The van der Waals surface area contributed by atoms with E-state index in [9.17, 15) is 0 Å². The molecule has 0 bridgehead atoms. The number of aliphatic imine (C=N–C) groups is 1. The first kappa shape index (κ1) is 21.2. The number of halogens is 1. The molecule has 0 fully saturated rings. The monoisotopic (exact) mass is 458 g/mol. The molecule has 138 valence electrons. The minimum absolute atomic E-state index is 0. The molecule has 0 aromatic carbocycles. The zero-order valence-corrected chi connectivity index (χ0v) is 17.4. The standard InChI is InChI=1S/C17H26N6O.HI/c1-5-16-21-20-13-23(16)9-8-18-17(19-11-14(2)3)22(4)12-15-7-6-10-24-15;/h6-7,10,13H,2,5,8-9,11-12H2,1,3-4H3,(H,18,19);1H. The van der Waals surface area contributed by atoms with E-state index in [4.69, 9.17) is 4.42 Å². The summed E-state index contributed by atoms with van der Waals surface area (Å²) in [4.78, 5) is 6.65. The zero-order chi connectivity index (χ0) is 17.4. The molecular weight excluding hydrogens is 431 g/mol. The number of nitrogens with one attached hydrogen (secondary N) is 1. The summed E-state index contributed by atoms with van der Waals surface area (Å²) >= 11 is 0. The Balaban J connectivity index is 0.00000312. The van der Waals surface area contributed by atoms with Gasteiger partial charge in [0.1, 0.15) is 17.9 Å². The van der Waals surface area contributed by atoms with Gasteiger partial charge in [-0.1, -0.05) is 19.1 Å². The van der Waals surface area contributed by atoms with Crippen LogP contribution in [-0.4, -0.2) is 45.8 Å². The molecule has 25 heavy (non-hydrogen) atoms. The summed E-state index contributed by atoms with van der Waals surface area (Å²) in [6, 6.07) is 3.84. The molecule has 0 aliphatic carbocycles. The molecule has 1 N–H and O–H groups in total. The van der Waals surface area contributed by atoms with Gasteiger partial charge in [-0.15, -0.1) is 34.2 Å². The van der Waals surface area contributed by atoms with E-state index in [1.165, 1.54) is 0 Å². The predicted octanol–water partition coefficient (Wildman–Crippen LogP) is 2.71. The van der Waals surface area contributed by atoms with Crippen LogP contribution in [0.25, 0.3) is 0 Å². The summed E-state index contributed by atoms with van der Waals surface area (Å²) in [5, 5.41) is 11.4. The number of rotatable bonds is 8. The summed E-state index contributed by atoms with van der Waals surface area (Å²) in [6.07, 6.45) is 4.31. The molecule has 7 nitrogen and oxygen atoms in total. The number of aryl methyl sites for hydroxylation is 1. The molecule has 2 aromatic heterocycles. The number of hydrogen-bond acceptors (Lipinski definition) is 4. The summed E-state index contributed by atoms with van der Waals surface area (Å²) in [6.45, 7) is 10.7. The van der Waals surface area contributed by atoms with Crippen LogP contribution in [0, 0.1) is 0 Å². The Morgan fingerprint density at radius 1 is 1.48 bits per heavy atom. The minimum Gasteiger partial charge on any atom is -0.467 e. The Bertz CT molecular complexity index is 664. The van der Waals surface area contributed by atoms with Crippen molar-refractivity contribution in [1.29, 1.82) is 0 Å². The van der Waals surface area contributed by atoms with Gasteiger partial charge in [0.25, 0.3) is 0 Å². The van der Waals surface area contributed by atoms with Gasteiger partial charge < -0.3 is 19.2 Å². The minimum atomic E-state index is 0. The van der Waals surface area contributed by atoms with Crippen LogP contribution in [0.3, 0.4) is 0 Å². The lowest BCUT2D eigenvalue weighted by Gasteiger charge is -2.22. The molecule has 0 atom stereocenters. The summed E-state index contributed by atoms with van der Waals surface area (Å²) in [5.74, 6) is 2.70. The molecule has 8 heteroatoms. The van der Waals surface area contributed by atoms with Gasteiger partial charge in [0.15, 0.2) is 5.96 Å². The Hall–Kier alpha value is -1.84. The van der Waals surface area contributed by atoms with E-state index in [1.54, 1.807) is 12.6 Å². The fraction of sp³-hybridized carbons (Fsp3) is 0.471. The maximum absolute atomic E-state index is 5.41. The van der Waals surface area contributed by atoms with Crippen molar-refractivity contribution >= 4 is 29.9 Å². The zero-order valence-electron chi connectivity index (χ0n) is 15.1. The van der Waals surface area contributed by atoms with Crippen LogP contribution >= 0.6 is 24.0 Å². The van der Waals surface area contributed by atoms with Crippen molar-refractivity contribution in [3.63, 3.8) is 0 Å². The Labute approximate surface area is 166 Å². The van der Waals surface area contributed by atoms with E-state index in [1.807, 2.05) is 31.0 Å². The van der Waals surface area contributed by atoms with Crippen LogP contribution in [0.1, 0.15) is 25.4 Å². The first-order chi connectivity index (χ1) is 11.6. The smallest absolute Gasteiger partial charge is 0.194 e. The Morgan fingerprint density at radius 2 is 2.28 bits per heavy atom. The second-order valence-electron chi connectivity index (χ2n) is 5.75. The molecule has 2 rings (SSSR count). The van der Waals surface area contributed by atoms with Crippen LogP contribution in [0.2, 0.25) is 0 Å². The third kappa shape index (κ3) is 6.89. The van der Waals surface area contributed by atoms with E-state index in [0.29, 0.717) is 13.1 Å². The summed E-state index contributed by atoms with van der Waals surface area (Å²) < 4.78 is 7.46. The Morgan fingerprint density at radius 3 is 2.92 bits per heavy atom. The quantitative estimate of drug-likeness (QED) is 0.285. The highest BCUT2D eigenvalue weighted by Crippen LogP contribution is 2.04. The van der Waals surface area contributed by atoms with Gasteiger partial charge in [0.2, 0.25) is 0 Å². The number of hydrogen-bond donors (Lipinski definition) is 1. The molecule has 0 saturated carbocycles. The summed E-state index contributed by atoms with van der Waals surface area (Å²) in [5.41, 5.74) is 1.02. The predicted molar refractivity (Wildman–Crippen MR) is 110 cm³/mol. The van der Waals surface area contributed by atoms with Gasteiger partial charge in [-0.25, -0.2) is 4.99 Å². The van der Waals surface area contributed by atoms with Crippen molar-refractivity contribution in [2.24, 2.45) is 4.99 Å². The van der Waals surface area contributed by atoms with Crippen molar-refractivity contribution in [3.8, 4) is 0 Å². The van der Waals surface area contributed by atoms with Gasteiger partial charge in [0.05, 0.1) is 19.4 Å². The maximum atomic E-state index is 5.41. The maximum Gasteiger partial charge on any atom is 0.194 e. The third-order valence-electron chi connectivity index (χ3n) is 3.48. The molecular formula is C17H27IN6O. The Kier molecular flexibility index (Phi) is 9.25. The van der Waals surface area contributed by atoms with Gasteiger partial charge in [-0.3, -0.25) is 0 Å².